The molecule has 7 nitrogen and oxygen atoms in total. The van der Waals surface area contributed by atoms with Gasteiger partial charge in [0.2, 0.25) is 11.8 Å². The van der Waals surface area contributed by atoms with Gasteiger partial charge in [-0.25, -0.2) is 4.79 Å². The maximum Gasteiger partial charge on any atom is 0.336 e. The quantitative estimate of drug-likeness (QED) is 0.684. The van der Waals surface area contributed by atoms with Crippen molar-refractivity contribution in [3.05, 3.63) is 40.2 Å². The standard InChI is InChI=1S/C23H29N3O4/c1-14-9-23(29)30-21-10-17(5-8-20(14)21)25-22(28)11-18-6-7-19(12-24-15(2)27)26(18)13-16-3-4-16/h5,8-10,16,18-19H,3-4,6-7,11-13H2,1-2H3,(H,24,27)(H,25,28)/t18-,19+/m0/s1. The van der Waals surface area contributed by atoms with Crippen molar-refractivity contribution in [3.63, 3.8) is 0 Å². The van der Waals surface area contributed by atoms with Crippen molar-refractivity contribution in [2.24, 2.45) is 5.92 Å². The van der Waals surface area contributed by atoms with Crippen LogP contribution in [0.4, 0.5) is 5.69 Å². The molecule has 2 aromatic rings. The van der Waals surface area contributed by atoms with Gasteiger partial charge in [0.1, 0.15) is 5.58 Å². The topological polar surface area (TPSA) is 91.7 Å². The van der Waals surface area contributed by atoms with Crippen molar-refractivity contribution in [2.75, 3.05) is 18.4 Å². The second-order valence-corrected chi connectivity index (χ2v) is 8.67. The highest BCUT2D eigenvalue weighted by Crippen LogP contribution is 2.35. The van der Waals surface area contributed by atoms with Crippen LogP contribution in [0, 0.1) is 12.8 Å². The van der Waals surface area contributed by atoms with Crippen LogP contribution < -0.4 is 16.3 Å². The molecule has 2 atom stereocenters. The molecule has 2 N–H and O–H groups in total. The molecule has 2 heterocycles. The van der Waals surface area contributed by atoms with E-state index in [0.717, 1.165) is 36.3 Å². The molecule has 2 amide bonds. The second-order valence-electron chi connectivity index (χ2n) is 8.67. The number of nitrogens with one attached hydrogen (secondary N) is 2. The molecule has 1 aliphatic carbocycles. The van der Waals surface area contributed by atoms with Crippen molar-refractivity contribution >= 4 is 28.5 Å². The van der Waals surface area contributed by atoms with Crippen molar-refractivity contribution in [1.29, 1.82) is 0 Å². The zero-order valence-corrected chi connectivity index (χ0v) is 17.6. The number of carbonyl (C=O) groups is 2. The molecular weight excluding hydrogens is 382 g/mol. The summed E-state index contributed by atoms with van der Waals surface area (Å²) in [6.45, 7) is 5.05. The predicted octanol–water partition coefficient (Wildman–Crippen LogP) is 2.81. The Morgan fingerprint density at radius 1 is 1.13 bits per heavy atom. The summed E-state index contributed by atoms with van der Waals surface area (Å²) < 4.78 is 5.28. The Morgan fingerprint density at radius 3 is 2.63 bits per heavy atom. The van der Waals surface area contributed by atoms with Crippen LogP contribution in [0.1, 0.15) is 44.6 Å². The molecular formula is C23H29N3O4. The number of fused-ring (bicyclic) bond motifs is 1. The Labute approximate surface area is 175 Å². The molecule has 2 aliphatic rings. The minimum atomic E-state index is -0.393. The van der Waals surface area contributed by atoms with Gasteiger partial charge in [0.15, 0.2) is 0 Å². The highest BCUT2D eigenvalue weighted by Gasteiger charge is 2.37. The largest absolute Gasteiger partial charge is 0.423 e. The fourth-order valence-electron chi connectivity index (χ4n) is 4.44. The van der Waals surface area contributed by atoms with Crippen LogP contribution in [0.15, 0.2) is 33.5 Å². The Balaban J connectivity index is 1.41. The summed E-state index contributed by atoms with van der Waals surface area (Å²) in [5.74, 6) is 0.663. The molecule has 2 fully saturated rings. The Bertz CT molecular complexity index is 1010. The number of hydrogen-bond donors (Lipinski definition) is 2. The molecule has 160 valence electrons. The monoisotopic (exact) mass is 411 g/mol. The maximum atomic E-state index is 12.8. The highest BCUT2D eigenvalue weighted by molar-refractivity contribution is 5.93. The van der Waals surface area contributed by atoms with Crippen LogP contribution in [0.5, 0.6) is 0 Å². The summed E-state index contributed by atoms with van der Waals surface area (Å²) >= 11 is 0. The van der Waals surface area contributed by atoms with Crippen molar-refractivity contribution in [2.45, 2.75) is 58.0 Å². The Hall–Kier alpha value is -2.67. The van der Waals surface area contributed by atoms with E-state index in [0.29, 0.717) is 30.3 Å². The Kier molecular flexibility index (Phi) is 5.90. The van der Waals surface area contributed by atoms with Gasteiger partial charge in [-0.3, -0.25) is 14.5 Å². The lowest BCUT2D eigenvalue weighted by atomic mass is 10.1. The van der Waals surface area contributed by atoms with E-state index in [1.54, 1.807) is 6.07 Å². The fraction of sp³-hybridized carbons (Fsp3) is 0.522. The van der Waals surface area contributed by atoms with Gasteiger partial charge in [-0.1, -0.05) is 0 Å². The van der Waals surface area contributed by atoms with E-state index in [-0.39, 0.29) is 17.9 Å². The van der Waals surface area contributed by atoms with Crippen LogP contribution >= 0.6 is 0 Å². The average Bonchev–Trinajstić information content (AvgIpc) is 3.41. The fourth-order valence-corrected chi connectivity index (χ4v) is 4.44. The summed E-state index contributed by atoms with van der Waals surface area (Å²) in [5, 5.41) is 6.75. The highest BCUT2D eigenvalue weighted by atomic mass is 16.4. The van der Waals surface area contributed by atoms with Crippen LogP contribution in [0.25, 0.3) is 11.0 Å². The smallest absolute Gasteiger partial charge is 0.336 e. The maximum absolute atomic E-state index is 12.8. The molecule has 7 heteroatoms. The summed E-state index contributed by atoms with van der Waals surface area (Å²) in [5.41, 5.74) is 1.56. The van der Waals surface area contributed by atoms with E-state index in [9.17, 15) is 14.4 Å². The lowest BCUT2D eigenvalue weighted by Gasteiger charge is -2.30. The van der Waals surface area contributed by atoms with Crippen LogP contribution in [-0.2, 0) is 9.59 Å². The number of likely N-dealkylation sites (tertiary alicyclic amines) is 1. The zero-order valence-electron chi connectivity index (χ0n) is 17.6. The third-order valence-electron chi connectivity index (χ3n) is 6.18. The van der Waals surface area contributed by atoms with E-state index >= 15 is 0 Å². The number of anilines is 1. The molecule has 0 radical (unpaired) electrons. The van der Waals surface area contributed by atoms with Crippen LogP contribution in [-0.4, -0.2) is 41.9 Å². The van der Waals surface area contributed by atoms with E-state index < -0.39 is 5.63 Å². The van der Waals surface area contributed by atoms with Crippen molar-refractivity contribution in [3.8, 4) is 0 Å². The summed E-state index contributed by atoms with van der Waals surface area (Å²) in [6, 6.07) is 7.35. The van der Waals surface area contributed by atoms with Crippen LogP contribution in [0.3, 0.4) is 0 Å². The molecule has 1 aromatic heterocycles. The van der Waals surface area contributed by atoms with Crippen molar-refractivity contribution in [1.82, 2.24) is 10.2 Å². The van der Waals surface area contributed by atoms with Gasteiger partial charge in [-0.15, -0.1) is 0 Å². The first-order chi connectivity index (χ1) is 14.4. The summed E-state index contributed by atoms with van der Waals surface area (Å²) in [6.07, 6.45) is 4.87. The van der Waals surface area contributed by atoms with Crippen LogP contribution in [0.2, 0.25) is 0 Å². The van der Waals surface area contributed by atoms with Gasteiger partial charge in [-0.05, 0) is 56.2 Å². The SMILES string of the molecule is CC(=O)NC[C@H]1CC[C@@H](CC(=O)Nc2ccc3c(C)cc(=O)oc3c2)N1CC1CC1. The van der Waals surface area contributed by atoms with Gasteiger partial charge in [0.05, 0.1) is 0 Å². The predicted molar refractivity (Wildman–Crippen MR) is 115 cm³/mol. The average molecular weight is 412 g/mol. The first-order valence-corrected chi connectivity index (χ1v) is 10.7. The molecule has 1 saturated carbocycles. The number of rotatable bonds is 7. The molecule has 0 bridgehead atoms. The summed E-state index contributed by atoms with van der Waals surface area (Å²) in [4.78, 5) is 38.1. The number of aryl methyl sites for hydroxylation is 1. The lowest BCUT2D eigenvalue weighted by molar-refractivity contribution is -0.119. The lowest BCUT2D eigenvalue weighted by Crippen LogP contribution is -2.44. The summed E-state index contributed by atoms with van der Waals surface area (Å²) in [7, 11) is 0. The van der Waals surface area contributed by atoms with Gasteiger partial charge in [-0.2, -0.15) is 0 Å². The van der Waals surface area contributed by atoms with Gasteiger partial charge in [0.25, 0.3) is 0 Å². The molecule has 1 aromatic carbocycles. The number of carbonyl (C=O) groups excluding carboxylic acids is 2. The minimum Gasteiger partial charge on any atom is -0.423 e. The zero-order chi connectivity index (χ0) is 21.3. The molecule has 1 saturated heterocycles. The number of hydrogen-bond acceptors (Lipinski definition) is 5. The molecule has 0 spiro atoms. The van der Waals surface area contributed by atoms with Crippen molar-refractivity contribution < 1.29 is 14.0 Å². The third-order valence-corrected chi connectivity index (χ3v) is 6.18. The first-order valence-electron chi connectivity index (χ1n) is 10.7. The molecule has 30 heavy (non-hydrogen) atoms. The van der Waals surface area contributed by atoms with E-state index in [2.05, 4.69) is 15.5 Å². The Morgan fingerprint density at radius 2 is 1.90 bits per heavy atom. The minimum absolute atomic E-state index is 0.0132. The number of amides is 2. The van der Waals surface area contributed by atoms with Gasteiger partial charge in [0, 0.05) is 61.7 Å². The van der Waals surface area contributed by atoms with E-state index in [1.165, 1.54) is 25.8 Å². The van der Waals surface area contributed by atoms with E-state index in [4.69, 9.17) is 4.42 Å². The first kappa shape index (κ1) is 20.6. The molecule has 1 aliphatic heterocycles. The van der Waals surface area contributed by atoms with E-state index in [1.807, 2.05) is 19.1 Å². The van der Waals surface area contributed by atoms with Gasteiger partial charge >= 0.3 is 5.63 Å². The normalized spacial score (nSPS) is 21.7. The number of nitrogens with zero attached hydrogens (tertiary/aromatic N) is 1. The molecule has 0 unspecified atom stereocenters. The second kappa shape index (κ2) is 8.60. The molecule has 4 rings (SSSR count). The third kappa shape index (κ3) is 4.90. The van der Waals surface area contributed by atoms with Gasteiger partial charge < -0.3 is 15.1 Å². The number of benzene rings is 1.